The van der Waals surface area contributed by atoms with Crippen molar-refractivity contribution in [1.82, 2.24) is 9.97 Å². The van der Waals surface area contributed by atoms with Crippen LogP contribution in [0.5, 0.6) is 0 Å². The van der Waals surface area contributed by atoms with Crippen LogP contribution >= 0.6 is 15.9 Å². The van der Waals surface area contributed by atoms with Crippen molar-refractivity contribution in [2.24, 2.45) is 5.92 Å². The number of aliphatic hydroxyl groups is 1. The highest BCUT2D eigenvalue weighted by Crippen LogP contribution is 2.22. The molecule has 0 spiro atoms. The fourth-order valence-corrected chi connectivity index (χ4v) is 1.62. The third-order valence-corrected chi connectivity index (χ3v) is 2.98. The first-order valence-corrected chi connectivity index (χ1v) is 6.51. The topological polar surface area (TPSA) is 70.1 Å². The van der Waals surface area contributed by atoms with Crippen LogP contribution in [0.1, 0.15) is 20.8 Å². The fraction of sp³-hybridized carbons (Fsp3) is 0.636. The molecule has 1 heterocycles. The summed E-state index contributed by atoms with van der Waals surface area (Å²) in [6, 6.07) is -0.0179. The largest absolute Gasteiger partial charge is 0.394 e. The van der Waals surface area contributed by atoms with Crippen LogP contribution < -0.4 is 10.6 Å². The van der Waals surface area contributed by atoms with Crippen LogP contribution in [0.4, 0.5) is 11.8 Å². The summed E-state index contributed by atoms with van der Waals surface area (Å²) in [5, 5.41) is 15.5. The van der Waals surface area contributed by atoms with E-state index in [2.05, 4.69) is 36.5 Å². The van der Waals surface area contributed by atoms with Crippen molar-refractivity contribution in [2.75, 3.05) is 23.8 Å². The lowest BCUT2D eigenvalue weighted by atomic mass is 10.1. The Bertz CT molecular complexity index is 359. The number of rotatable bonds is 6. The van der Waals surface area contributed by atoms with Crippen LogP contribution in [0.2, 0.25) is 0 Å². The summed E-state index contributed by atoms with van der Waals surface area (Å²) < 4.78 is 0.790. The molecule has 0 aromatic carbocycles. The summed E-state index contributed by atoms with van der Waals surface area (Å²) in [7, 11) is 0. The summed E-state index contributed by atoms with van der Waals surface area (Å²) in [5.41, 5.74) is 0. The van der Waals surface area contributed by atoms with E-state index < -0.39 is 0 Å². The van der Waals surface area contributed by atoms with Crippen molar-refractivity contribution in [2.45, 2.75) is 26.8 Å². The maximum atomic E-state index is 9.28. The van der Waals surface area contributed by atoms with Gasteiger partial charge >= 0.3 is 0 Å². The van der Waals surface area contributed by atoms with E-state index in [1.165, 1.54) is 0 Å². The second kappa shape index (κ2) is 6.76. The predicted octanol–water partition coefficient (Wildman–Crippen LogP) is 2.10. The molecular formula is C11H19BrN4O. The number of hydrogen-bond donors (Lipinski definition) is 3. The molecule has 0 aliphatic rings. The molecule has 96 valence electrons. The van der Waals surface area contributed by atoms with Crippen molar-refractivity contribution in [3.05, 3.63) is 10.7 Å². The van der Waals surface area contributed by atoms with Crippen LogP contribution in [0, 0.1) is 5.92 Å². The van der Waals surface area contributed by atoms with E-state index in [4.69, 9.17) is 0 Å². The van der Waals surface area contributed by atoms with Crippen LogP contribution in [-0.2, 0) is 0 Å². The average Bonchev–Trinajstić information content (AvgIpc) is 2.29. The molecule has 0 fully saturated rings. The Hall–Kier alpha value is -0.880. The minimum Gasteiger partial charge on any atom is -0.394 e. The molecule has 17 heavy (non-hydrogen) atoms. The molecule has 1 rings (SSSR count). The van der Waals surface area contributed by atoms with Gasteiger partial charge in [-0.15, -0.1) is 0 Å². The Morgan fingerprint density at radius 3 is 2.71 bits per heavy atom. The van der Waals surface area contributed by atoms with E-state index in [1.807, 2.05) is 20.8 Å². The molecule has 5 nitrogen and oxygen atoms in total. The van der Waals surface area contributed by atoms with Gasteiger partial charge in [0.15, 0.2) is 0 Å². The van der Waals surface area contributed by atoms with E-state index >= 15 is 0 Å². The Morgan fingerprint density at radius 1 is 1.47 bits per heavy atom. The third kappa shape index (κ3) is 4.12. The van der Waals surface area contributed by atoms with Gasteiger partial charge in [0.05, 0.1) is 17.1 Å². The Labute approximate surface area is 110 Å². The highest BCUT2D eigenvalue weighted by Gasteiger charge is 2.14. The molecule has 0 aliphatic carbocycles. The number of aliphatic hydroxyl groups excluding tert-OH is 1. The number of nitrogens with one attached hydrogen (secondary N) is 2. The highest BCUT2D eigenvalue weighted by atomic mass is 79.9. The first-order valence-electron chi connectivity index (χ1n) is 5.72. The minimum absolute atomic E-state index is 0.0179. The van der Waals surface area contributed by atoms with Gasteiger partial charge in [0.1, 0.15) is 5.82 Å². The quantitative estimate of drug-likeness (QED) is 0.751. The van der Waals surface area contributed by atoms with Crippen molar-refractivity contribution in [3.63, 3.8) is 0 Å². The van der Waals surface area contributed by atoms with Gasteiger partial charge in [-0.1, -0.05) is 13.8 Å². The van der Waals surface area contributed by atoms with Crippen molar-refractivity contribution >= 4 is 27.7 Å². The normalized spacial score (nSPS) is 12.6. The lowest BCUT2D eigenvalue weighted by molar-refractivity contribution is 0.249. The fourth-order valence-electron chi connectivity index (χ4n) is 1.31. The second-order valence-corrected chi connectivity index (χ2v) is 4.95. The Kier molecular flexibility index (Phi) is 5.64. The number of nitrogens with zero attached hydrogens (tertiary/aromatic N) is 2. The van der Waals surface area contributed by atoms with Gasteiger partial charge in [-0.25, -0.2) is 4.98 Å². The van der Waals surface area contributed by atoms with Gasteiger partial charge in [0.25, 0.3) is 0 Å². The molecule has 0 saturated heterocycles. The van der Waals surface area contributed by atoms with E-state index in [-0.39, 0.29) is 12.6 Å². The maximum absolute atomic E-state index is 9.28. The molecule has 3 N–H and O–H groups in total. The summed E-state index contributed by atoms with van der Waals surface area (Å²) in [6.07, 6.45) is 1.70. The van der Waals surface area contributed by atoms with Gasteiger partial charge in [-0.2, -0.15) is 4.98 Å². The van der Waals surface area contributed by atoms with Crippen LogP contribution in [-0.4, -0.2) is 34.3 Å². The molecule has 1 aromatic heterocycles. The summed E-state index contributed by atoms with van der Waals surface area (Å²) in [6.45, 7) is 6.94. The Morgan fingerprint density at radius 2 is 2.18 bits per heavy atom. The lowest BCUT2D eigenvalue weighted by Crippen LogP contribution is -2.30. The molecule has 1 unspecified atom stereocenters. The first kappa shape index (κ1) is 14.2. The van der Waals surface area contributed by atoms with Crippen molar-refractivity contribution in [3.8, 4) is 0 Å². The van der Waals surface area contributed by atoms with E-state index in [0.717, 1.165) is 11.0 Å². The van der Waals surface area contributed by atoms with Crippen LogP contribution in [0.25, 0.3) is 0 Å². The number of aromatic nitrogens is 2. The zero-order chi connectivity index (χ0) is 12.8. The zero-order valence-corrected chi connectivity index (χ0v) is 12.0. The second-order valence-electron chi connectivity index (χ2n) is 4.10. The van der Waals surface area contributed by atoms with Crippen molar-refractivity contribution < 1.29 is 5.11 Å². The standard InChI is InChI=1S/C11H19BrN4O/c1-4-13-11-14-5-8(12)10(16-11)15-9(6-17)7(2)3/h5,7,9,17H,4,6H2,1-3H3,(H2,13,14,15,16). The number of anilines is 2. The van der Waals surface area contributed by atoms with Gasteiger partial charge < -0.3 is 15.7 Å². The van der Waals surface area contributed by atoms with Crippen LogP contribution in [0.15, 0.2) is 10.7 Å². The summed E-state index contributed by atoms with van der Waals surface area (Å²) in [4.78, 5) is 8.48. The predicted molar refractivity (Wildman–Crippen MR) is 73.2 cm³/mol. The van der Waals surface area contributed by atoms with Gasteiger partial charge in [-0.3, -0.25) is 0 Å². The molecule has 0 bridgehead atoms. The summed E-state index contributed by atoms with van der Waals surface area (Å²) in [5.74, 6) is 1.60. The third-order valence-electron chi connectivity index (χ3n) is 2.40. The molecule has 1 atom stereocenters. The highest BCUT2D eigenvalue weighted by molar-refractivity contribution is 9.10. The molecule has 0 radical (unpaired) electrons. The zero-order valence-electron chi connectivity index (χ0n) is 10.4. The molecule has 0 aliphatic heterocycles. The van der Waals surface area contributed by atoms with Gasteiger partial charge in [0, 0.05) is 12.7 Å². The SMILES string of the molecule is CCNc1ncc(Br)c(NC(CO)C(C)C)n1. The minimum atomic E-state index is -0.0179. The number of hydrogen-bond acceptors (Lipinski definition) is 5. The smallest absolute Gasteiger partial charge is 0.224 e. The molecular weight excluding hydrogens is 284 g/mol. The van der Waals surface area contributed by atoms with E-state index in [9.17, 15) is 5.11 Å². The van der Waals surface area contributed by atoms with Gasteiger partial charge in [0.2, 0.25) is 5.95 Å². The van der Waals surface area contributed by atoms with Gasteiger partial charge in [-0.05, 0) is 28.8 Å². The van der Waals surface area contributed by atoms with Crippen LogP contribution in [0.3, 0.4) is 0 Å². The van der Waals surface area contributed by atoms with Crippen molar-refractivity contribution in [1.29, 1.82) is 0 Å². The average molecular weight is 303 g/mol. The summed E-state index contributed by atoms with van der Waals surface area (Å²) >= 11 is 3.39. The monoisotopic (exact) mass is 302 g/mol. The van der Waals surface area contributed by atoms with E-state index in [0.29, 0.717) is 17.7 Å². The number of halogens is 1. The molecule has 0 saturated carbocycles. The van der Waals surface area contributed by atoms with E-state index in [1.54, 1.807) is 6.20 Å². The maximum Gasteiger partial charge on any atom is 0.224 e. The lowest BCUT2D eigenvalue weighted by Gasteiger charge is -2.21. The molecule has 0 amide bonds. The molecule has 1 aromatic rings. The Balaban J connectivity index is 2.84. The first-order chi connectivity index (χ1) is 8.08. The molecule has 6 heteroatoms.